The van der Waals surface area contributed by atoms with Crippen molar-refractivity contribution in [2.24, 2.45) is 5.92 Å². The number of nitrogens with zero attached hydrogens (tertiary/aromatic N) is 1. The maximum atomic E-state index is 3.47. The highest BCUT2D eigenvalue weighted by Crippen LogP contribution is 2.32. The normalized spacial score (nSPS) is 31.6. The van der Waals surface area contributed by atoms with Gasteiger partial charge in [0.1, 0.15) is 0 Å². The lowest BCUT2D eigenvalue weighted by Crippen LogP contribution is -2.47. The summed E-state index contributed by atoms with van der Waals surface area (Å²) in [6.07, 6.45) is 4.14. The van der Waals surface area contributed by atoms with Gasteiger partial charge in [-0.15, -0.1) is 0 Å². The lowest BCUT2D eigenvalue weighted by molar-refractivity contribution is 0.117. The van der Waals surface area contributed by atoms with Gasteiger partial charge in [0.2, 0.25) is 0 Å². The van der Waals surface area contributed by atoms with Crippen LogP contribution in [0.3, 0.4) is 0 Å². The molecule has 2 heterocycles. The summed E-state index contributed by atoms with van der Waals surface area (Å²) >= 11 is 2.16. The lowest BCUT2D eigenvalue weighted by Gasteiger charge is -2.38. The fourth-order valence-electron chi connectivity index (χ4n) is 3.25. The zero-order chi connectivity index (χ0) is 12.3. The molecule has 0 aliphatic carbocycles. The summed E-state index contributed by atoms with van der Waals surface area (Å²) in [5.74, 6) is 2.29. The Kier molecular flexibility index (Phi) is 5.19. The number of thioether (sulfide) groups is 1. The summed E-state index contributed by atoms with van der Waals surface area (Å²) < 4.78 is 0. The number of rotatable bonds is 4. The van der Waals surface area contributed by atoms with Crippen molar-refractivity contribution in [2.75, 3.05) is 25.4 Å². The molecule has 3 heteroatoms. The highest BCUT2D eigenvalue weighted by molar-refractivity contribution is 8.00. The van der Waals surface area contributed by atoms with Crippen LogP contribution >= 0.6 is 11.8 Å². The van der Waals surface area contributed by atoms with Crippen LogP contribution in [0, 0.1) is 5.92 Å². The van der Waals surface area contributed by atoms with Crippen molar-refractivity contribution in [3.05, 3.63) is 0 Å². The topological polar surface area (TPSA) is 15.3 Å². The van der Waals surface area contributed by atoms with Crippen LogP contribution in [0.5, 0.6) is 0 Å². The first-order valence-electron chi connectivity index (χ1n) is 7.26. The summed E-state index contributed by atoms with van der Waals surface area (Å²) in [6.45, 7) is 10.9. The molecule has 0 aromatic rings. The largest absolute Gasteiger partial charge is 0.317 e. The smallest absolute Gasteiger partial charge is 0.0222 e. The van der Waals surface area contributed by atoms with E-state index in [4.69, 9.17) is 0 Å². The van der Waals surface area contributed by atoms with Crippen molar-refractivity contribution < 1.29 is 0 Å². The van der Waals surface area contributed by atoms with E-state index in [0.29, 0.717) is 6.04 Å². The zero-order valence-electron chi connectivity index (χ0n) is 11.6. The summed E-state index contributed by atoms with van der Waals surface area (Å²) in [7, 11) is 0. The molecule has 2 aliphatic heterocycles. The zero-order valence-corrected chi connectivity index (χ0v) is 12.4. The fraction of sp³-hybridized carbons (Fsp3) is 1.00. The van der Waals surface area contributed by atoms with E-state index in [1.54, 1.807) is 0 Å². The molecule has 100 valence electrons. The fourth-order valence-corrected chi connectivity index (χ4v) is 4.51. The minimum atomic E-state index is 0.705. The minimum Gasteiger partial charge on any atom is -0.317 e. The lowest BCUT2D eigenvalue weighted by atomic mass is 9.95. The molecule has 0 saturated carbocycles. The Labute approximate surface area is 111 Å². The Morgan fingerprint density at radius 3 is 2.47 bits per heavy atom. The summed E-state index contributed by atoms with van der Waals surface area (Å²) in [4.78, 5) is 2.79. The minimum absolute atomic E-state index is 0.705. The monoisotopic (exact) mass is 256 g/mol. The van der Waals surface area contributed by atoms with Gasteiger partial charge in [0.05, 0.1) is 0 Å². The van der Waals surface area contributed by atoms with E-state index in [1.165, 1.54) is 44.6 Å². The first-order valence-corrected chi connectivity index (χ1v) is 8.31. The molecule has 0 bridgehead atoms. The van der Waals surface area contributed by atoms with Crippen LogP contribution in [0.2, 0.25) is 0 Å². The van der Waals surface area contributed by atoms with Crippen molar-refractivity contribution >= 4 is 11.8 Å². The van der Waals surface area contributed by atoms with Gasteiger partial charge >= 0.3 is 0 Å². The number of nitrogens with one attached hydrogen (secondary N) is 1. The van der Waals surface area contributed by atoms with Gasteiger partial charge in [0, 0.05) is 23.9 Å². The number of hydrogen-bond acceptors (Lipinski definition) is 3. The van der Waals surface area contributed by atoms with Gasteiger partial charge in [-0.05, 0) is 57.9 Å². The standard InChI is InChI=1S/C14H28N2S/c1-11(2)16(14-6-9-17-12(14)3)10-13-4-7-15-8-5-13/h11-15H,4-10H2,1-3H3. The van der Waals surface area contributed by atoms with Crippen molar-refractivity contribution in [3.8, 4) is 0 Å². The second-order valence-electron chi connectivity index (χ2n) is 5.92. The van der Waals surface area contributed by atoms with E-state index >= 15 is 0 Å². The first-order chi connectivity index (χ1) is 8.18. The maximum absolute atomic E-state index is 3.47. The van der Waals surface area contributed by atoms with Gasteiger partial charge in [-0.1, -0.05) is 6.92 Å². The molecule has 2 saturated heterocycles. The van der Waals surface area contributed by atoms with Crippen molar-refractivity contribution in [1.82, 2.24) is 10.2 Å². The summed E-state index contributed by atoms with van der Waals surface area (Å²) in [5, 5.41) is 4.31. The third-order valence-electron chi connectivity index (χ3n) is 4.35. The molecule has 2 nitrogen and oxygen atoms in total. The molecular weight excluding hydrogens is 228 g/mol. The summed E-state index contributed by atoms with van der Waals surface area (Å²) in [6, 6.07) is 1.53. The molecule has 0 spiro atoms. The van der Waals surface area contributed by atoms with Gasteiger partial charge in [-0.25, -0.2) is 0 Å². The predicted molar refractivity (Wildman–Crippen MR) is 77.8 cm³/mol. The van der Waals surface area contributed by atoms with Crippen molar-refractivity contribution in [2.45, 2.75) is 57.4 Å². The molecule has 0 aromatic heterocycles. The summed E-state index contributed by atoms with van der Waals surface area (Å²) in [5.41, 5.74) is 0. The Bertz CT molecular complexity index is 226. The molecule has 0 amide bonds. The predicted octanol–water partition coefficient (Wildman–Crippen LogP) is 2.59. The van der Waals surface area contributed by atoms with Crippen LogP contribution in [0.1, 0.15) is 40.0 Å². The molecule has 2 rings (SSSR count). The number of piperidine rings is 1. The SMILES string of the molecule is CC1SCCC1N(CC1CCNCC1)C(C)C. The Morgan fingerprint density at radius 2 is 1.94 bits per heavy atom. The van der Waals surface area contributed by atoms with Crippen LogP contribution in [0.25, 0.3) is 0 Å². The van der Waals surface area contributed by atoms with Crippen LogP contribution in [-0.2, 0) is 0 Å². The van der Waals surface area contributed by atoms with Crippen LogP contribution < -0.4 is 5.32 Å². The molecule has 2 unspecified atom stereocenters. The molecule has 2 atom stereocenters. The van der Waals surface area contributed by atoms with E-state index < -0.39 is 0 Å². The number of hydrogen-bond donors (Lipinski definition) is 1. The molecule has 0 aromatic carbocycles. The third-order valence-corrected chi connectivity index (χ3v) is 5.66. The van der Waals surface area contributed by atoms with Gasteiger partial charge in [0.15, 0.2) is 0 Å². The average molecular weight is 256 g/mol. The van der Waals surface area contributed by atoms with Gasteiger partial charge in [0.25, 0.3) is 0 Å². The van der Waals surface area contributed by atoms with Gasteiger partial charge < -0.3 is 5.32 Å². The van der Waals surface area contributed by atoms with Crippen LogP contribution in [0.15, 0.2) is 0 Å². The van der Waals surface area contributed by atoms with Crippen molar-refractivity contribution in [3.63, 3.8) is 0 Å². The highest BCUT2D eigenvalue weighted by atomic mass is 32.2. The third kappa shape index (κ3) is 3.62. The highest BCUT2D eigenvalue weighted by Gasteiger charge is 2.32. The van der Waals surface area contributed by atoms with Crippen LogP contribution in [0.4, 0.5) is 0 Å². The first kappa shape index (κ1) is 13.7. The van der Waals surface area contributed by atoms with E-state index in [1.807, 2.05) is 0 Å². The Hall–Kier alpha value is 0.270. The molecule has 2 aliphatic rings. The van der Waals surface area contributed by atoms with E-state index in [9.17, 15) is 0 Å². The molecule has 2 fully saturated rings. The Morgan fingerprint density at radius 1 is 1.24 bits per heavy atom. The maximum Gasteiger partial charge on any atom is 0.0222 e. The van der Waals surface area contributed by atoms with Gasteiger partial charge in [-0.3, -0.25) is 4.90 Å². The molecule has 17 heavy (non-hydrogen) atoms. The molecule has 1 N–H and O–H groups in total. The molecule has 0 radical (unpaired) electrons. The second-order valence-corrected chi connectivity index (χ2v) is 7.40. The average Bonchev–Trinajstić information content (AvgIpc) is 2.73. The second kappa shape index (κ2) is 6.44. The Balaban J connectivity index is 1.91. The van der Waals surface area contributed by atoms with Gasteiger partial charge in [-0.2, -0.15) is 11.8 Å². The quantitative estimate of drug-likeness (QED) is 0.832. The molecular formula is C14H28N2S. The van der Waals surface area contributed by atoms with E-state index in [-0.39, 0.29) is 0 Å². The van der Waals surface area contributed by atoms with Crippen molar-refractivity contribution in [1.29, 1.82) is 0 Å². The van der Waals surface area contributed by atoms with Crippen LogP contribution in [-0.4, -0.2) is 47.6 Å². The van der Waals surface area contributed by atoms with E-state index in [0.717, 1.165) is 17.2 Å². The van der Waals surface area contributed by atoms with E-state index in [2.05, 4.69) is 42.7 Å².